The molecule has 3 rings (SSSR count). The Labute approximate surface area is 194 Å². The van der Waals surface area contributed by atoms with E-state index in [1.807, 2.05) is 0 Å². The van der Waals surface area contributed by atoms with Crippen molar-refractivity contribution in [3.63, 3.8) is 0 Å². The smallest absolute Gasteiger partial charge is 0.254 e. The summed E-state index contributed by atoms with van der Waals surface area (Å²) in [6.07, 6.45) is 2.66. The summed E-state index contributed by atoms with van der Waals surface area (Å²) in [6, 6.07) is 9.23. The number of benzene rings is 2. The molecule has 0 radical (unpaired) electrons. The lowest BCUT2D eigenvalue weighted by molar-refractivity contribution is -0.118. The van der Waals surface area contributed by atoms with Crippen molar-refractivity contribution >= 4 is 27.5 Å². The van der Waals surface area contributed by atoms with Gasteiger partial charge in [0.2, 0.25) is 15.9 Å². The van der Waals surface area contributed by atoms with E-state index in [1.165, 1.54) is 34.6 Å². The number of halogens is 1. The minimum atomic E-state index is -3.66. The SMILES string of the molecule is Cc1ccc(S(=O)(=O)N2CCCCC2)cc1NC(=O)[C@@H](NC(=O)c1ccccc1F)C(C)C. The highest BCUT2D eigenvalue weighted by Gasteiger charge is 2.28. The van der Waals surface area contributed by atoms with E-state index in [4.69, 9.17) is 0 Å². The number of anilines is 1. The Hall–Kier alpha value is -2.78. The largest absolute Gasteiger partial charge is 0.340 e. The third-order valence-electron chi connectivity index (χ3n) is 5.77. The van der Waals surface area contributed by atoms with Crippen LogP contribution in [-0.2, 0) is 14.8 Å². The molecule has 1 fully saturated rings. The Morgan fingerprint density at radius 3 is 2.33 bits per heavy atom. The lowest BCUT2D eigenvalue weighted by Crippen LogP contribution is -2.47. The van der Waals surface area contributed by atoms with Crippen molar-refractivity contribution in [2.45, 2.75) is 51.0 Å². The van der Waals surface area contributed by atoms with Gasteiger partial charge in [-0.3, -0.25) is 9.59 Å². The van der Waals surface area contributed by atoms with Crippen molar-refractivity contribution < 1.29 is 22.4 Å². The number of hydrogen-bond donors (Lipinski definition) is 2. The zero-order chi connectivity index (χ0) is 24.2. The van der Waals surface area contributed by atoms with E-state index in [1.54, 1.807) is 32.9 Å². The van der Waals surface area contributed by atoms with Crippen molar-refractivity contribution in [1.82, 2.24) is 9.62 Å². The Morgan fingerprint density at radius 2 is 1.70 bits per heavy atom. The van der Waals surface area contributed by atoms with Gasteiger partial charge in [-0.2, -0.15) is 4.31 Å². The van der Waals surface area contributed by atoms with Gasteiger partial charge in [-0.05, 0) is 55.5 Å². The molecule has 2 amide bonds. The molecule has 33 heavy (non-hydrogen) atoms. The number of hydrogen-bond acceptors (Lipinski definition) is 4. The number of aryl methyl sites for hydroxylation is 1. The Kier molecular flexibility index (Phi) is 7.86. The molecule has 0 bridgehead atoms. The highest BCUT2D eigenvalue weighted by Crippen LogP contribution is 2.25. The van der Waals surface area contributed by atoms with Crippen molar-refractivity contribution in [1.29, 1.82) is 0 Å². The van der Waals surface area contributed by atoms with Gasteiger partial charge in [0.1, 0.15) is 11.9 Å². The van der Waals surface area contributed by atoms with Crippen molar-refractivity contribution in [3.8, 4) is 0 Å². The van der Waals surface area contributed by atoms with Gasteiger partial charge in [0.15, 0.2) is 0 Å². The molecule has 9 heteroatoms. The number of piperidine rings is 1. The van der Waals surface area contributed by atoms with E-state index in [-0.39, 0.29) is 16.4 Å². The van der Waals surface area contributed by atoms with Crippen LogP contribution in [0.15, 0.2) is 47.4 Å². The predicted octanol–water partition coefficient (Wildman–Crippen LogP) is 3.70. The zero-order valence-corrected chi connectivity index (χ0v) is 19.9. The van der Waals surface area contributed by atoms with E-state index in [0.717, 1.165) is 19.3 Å². The molecule has 1 aliphatic rings. The molecule has 1 aliphatic heterocycles. The van der Waals surface area contributed by atoms with Crippen LogP contribution in [0.4, 0.5) is 10.1 Å². The Bertz CT molecular complexity index is 1130. The van der Waals surface area contributed by atoms with E-state index < -0.39 is 33.7 Å². The molecule has 0 unspecified atom stereocenters. The first-order chi connectivity index (χ1) is 15.6. The van der Waals surface area contributed by atoms with Gasteiger partial charge in [0.05, 0.1) is 10.5 Å². The monoisotopic (exact) mass is 475 g/mol. The molecule has 2 aromatic rings. The summed E-state index contributed by atoms with van der Waals surface area (Å²) in [5, 5.41) is 5.34. The second-order valence-electron chi connectivity index (χ2n) is 8.61. The molecule has 0 aliphatic carbocycles. The molecule has 2 N–H and O–H groups in total. The van der Waals surface area contributed by atoms with Crippen LogP contribution in [0.2, 0.25) is 0 Å². The van der Waals surface area contributed by atoms with Crippen LogP contribution in [0.5, 0.6) is 0 Å². The van der Waals surface area contributed by atoms with Crippen LogP contribution in [0, 0.1) is 18.7 Å². The molecule has 1 atom stereocenters. The lowest BCUT2D eigenvalue weighted by Gasteiger charge is -2.26. The molecular weight excluding hydrogens is 445 g/mol. The summed E-state index contributed by atoms with van der Waals surface area (Å²) >= 11 is 0. The summed E-state index contributed by atoms with van der Waals surface area (Å²) in [5.41, 5.74) is 0.884. The van der Waals surface area contributed by atoms with E-state index in [9.17, 15) is 22.4 Å². The number of amides is 2. The predicted molar refractivity (Wildman–Crippen MR) is 125 cm³/mol. The fraction of sp³-hybridized carbons (Fsp3) is 0.417. The van der Waals surface area contributed by atoms with Gasteiger partial charge in [0.25, 0.3) is 5.91 Å². The average molecular weight is 476 g/mol. The standard InChI is InChI=1S/C24H30FN3O4S/c1-16(2)22(27-23(29)19-9-5-6-10-20(19)25)24(30)26-21-15-18(12-11-17(21)3)33(31,32)28-13-7-4-8-14-28/h5-6,9-12,15-16,22H,4,7-8,13-14H2,1-3H3,(H,26,30)(H,27,29)/t22-/m0/s1. The summed E-state index contributed by atoms with van der Waals surface area (Å²) in [6.45, 7) is 6.24. The third-order valence-corrected chi connectivity index (χ3v) is 7.67. The summed E-state index contributed by atoms with van der Waals surface area (Å²) in [5.74, 6) is -2.17. The second kappa shape index (κ2) is 10.4. The van der Waals surface area contributed by atoms with Crippen LogP contribution in [-0.4, -0.2) is 43.7 Å². The lowest BCUT2D eigenvalue weighted by atomic mass is 10.0. The molecule has 2 aromatic carbocycles. The fourth-order valence-electron chi connectivity index (χ4n) is 3.76. The van der Waals surface area contributed by atoms with Crippen LogP contribution in [0.3, 0.4) is 0 Å². The van der Waals surface area contributed by atoms with Gasteiger partial charge in [0, 0.05) is 18.8 Å². The first-order valence-electron chi connectivity index (χ1n) is 11.1. The number of sulfonamides is 1. The molecule has 0 spiro atoms. The van der Waals surface area contributed by atoms with Gasteiger partial charge >= 0.3 is 0 Å². The van der Waals surface area contributed by atoms with Crippen molar-refractivity contribution in [2.75, 3.05) is 18.4 Å². The minimum absolute atomic E-state index is 0.113. The fourth-order valence-corrected chi connectivity index (χ4v) is 5.30. The first-order valence-corrected chi connectivity index (χ1v) is 12.5. The summed E-state index contributed by atoms with van der Waals surface area (Å²) in [7, 11) is -3.66. The Morgan fingerprint density at radius 1 is 1.03 bits per heavy atom. The van der Waals surface area contributed by atoms with Crippen molar-refractivity contribution in [3.05, 3.63) is 59.4 Å². The number of rotatable bonds is 7. The maximum atomic E-state index is 14.0. The highest BCUT2D eigenvalue weighted by molar-refractivity contribution is 7.89. The average Bonchev–Trinajstić information content (AvgIpc) is 2.79. The summed E-state index contributed by atoms with van der Waals surface area (Å²) < 4.78 is 41.5. The summed E-state index contributed by atoms with van der Waals surface area (Å²) in [4.78, 5) is 25.7. The molecule has 1 heterocycles. The molecule has 7 nitrogen and oxygen atoms in total. The van der Waals surface area contributed by atoms with Gasteiger partial charge in [-0.1, -0.05) is 38.5 Å². The van der Waals surface area contributed by atoms with Crippen LogP contribution in [0.1, 0.15) is 49.0 Å². The van der Waals surface area contributed by atoms with Crippen LogP contribution in [0.25, 0.3) is 0 Å². The Balaban J connectivity index is 1.80. The second-order valence-corrected chi connectivity index (χ2v) is 10.5. The number of nitrogens with zero attached hydrogens (tertiary/aromatic N) is 1. The van der Waals surface area contributed by atoms with Crippen LogP contribution < -0.4 is 10.6 Å². The highest BCUT2D eigenvalue weighted by atomic mass is 32.2. The van der Waals surface area contributed by atoms with Crippen molar-refractivity contribution in [2.24, 2.45) is 5.92 Å². The molecule has 0 aromatic heterocycles. The molecule has 1 saturated heterocycles. The maximum absolute atomic E-state index is 14.0. The number of carbonyl (C=O) groups is 2. The first kappa shape index (κ1) is 24.9. The van der Waals surface area contributed by atoms with Gasteiger partial charge in [-0.15, -0.1) is 0 Å². The molecular formula is C24H30FN3O4S. The third kappa shape index (κ3) is 5.78. The van der Waals surface area contributed by atoms with Gasteiger partial charge in [-0.25, -0.2) is 12.8 Å². The number of carbonyl (C=O) groups excluding carboxylic acids is 2. The molecule has 178 valence electrons. The quantitative estimate of drug-likeness (QED) is 0.638. The van der Waals surface area contributed by atoms with E-state index in [0.29, 0.717) is 24.3 Å². The normalized spacial score (nSPS) is 15.8. The topological polar surface area (TPSA) is 95.6 Å². The van der Waals surface area contributed by atoms with E-state index in [2.05, 4.69) is 10.6 Å². The zero-order valence-electron chi connectivity index (χ0n) is 19.1. The maximum Gasteiger partial charge on any atom is 0.254 e. The minimum Gasteiger partial charge on any atom is -0.340 e. The van der Waals surface area contributed by atoms with E-state index >= 15 is 0 Å². The molecule has 0 saturated carbocycles. The number of nitrogens with one attached hydrogen (secondary N) is 2. The van der Waals surface area contributed by atoms with Crippen LogP contribution >= 0.6 is 0 Å². The van der Waals surface area contributed by atoms with Gasteiger partial charge < -0.3 is 10.6 Å².